The topological polar surface area (TPSA) is 82.7 Å². The number of H-pyrrole nitrogens is 1. The number of hydrogen-bond donors (Lipinski definition) is 3. The Labute approximate surface area is 162 Å². The molecule has 0 radical (unpaired) electrons. The molecule has 1 atom stereocenters. The molecular weight excluding hydrogens is 357 g/mol. The Bertz CT molecular complexity index is 950. The molecule has 3 N–H and O–H groups in total. The lowest BCUT2D eigenvalue weighted by molar-refractivity contribution is -0.123. The van der Waals surface area contributed by atoms with Gasteiger partial charge in [-0.1, -0.05) is 24.6 Å². The molecule has 1 saturated heterocycles. The summed E-state index contributed by atoms with van der Waals surface area (Å²) in [6.07, 6.45) is 4.70. The summed E-state index contributed by atoms with van der Waals surface area (Å²) in [4.78, 5) is 24.6. The van der Waals surface area contributed by atoms with Crippen LogP contribution in [-0.4, -0.2) is 33.4 Å². The van der Waals surface area contributed by atoms with Gasteiger partial charge in [-0.2, -0.15) is 0 Å². The molecular formula is C21H22FN5O. The first-order valence-corrected chi connectivity index (χ1v) is 9.48. The van der Waals surface area contributed by atoms with Crippen LogP contribution in [0.25, 0.3) is 22.6 Å². The number of halogens is 1. The van der Waals surface area contributed by atoms with Crippen molar-refractivity contribution < 1.29 is 9.18 Å². The summed E-state index contributed by atoms with van der Waals surface area (Å²) < 4.78 is 13.7. The van der Waals surface area contributed by atoms with E-state index in [0.29, 0.717) is 28.5 Å². The minimum Gasteiger partial charge on any atom is -0.348 e. The molecule has 6 nitrogen and oxygen atoms in total. The first-order valence-electron chi connectivity index (χ1n) is 9.48. The van der Waals surface area contributed by atoms with E-state index in [0.717, 1.165) is 25.8 Å². The van der Waals surface area contributed by atoms with E-state index in [1.165, 1.54) is 12.1 Å². The van der Waals surface area contributed by atoms with E-state index in [1.54, 1.807) is 18.3 Å². The number of amides is 1. The third kappa shape index (κ3) is 4.09. The van der Waals surface area contributed by atoms with Crippen LogP contribution in [0.5, 0.6) is 0 Å². The Balaban J connectivity index is 1.59. The number of pyridine rings is 1. The highest BCUT2D eigenvalue weighted by molar-refractivity contribution is 5.82. The third-order valence-corrected chi connectivity index (χ3v) is 4.83. The van der Waals surface area contributed by atoms with E-state index in [9.17, 15) is 9.18 Å². The molecule has 28 heavy (non-hydrogen) atoms. The largest absolute Gasteiger partial charge is 0.348 e. The zero-order valence-corrected chi connectivity index (χ0v) is 15.4. The molecule has 4 rings (SSSR count). The first-order chi connectivity index (χ1) is 13.7. The van der Waals surface area contributed by atoms with Crippen molar-refractivity contribution in [3.63, 3.8) is 0 Å². The van der Waals surface area contributed by atoms with E-state index < -0.39 is 0 Å². The number of aromatic amines is 1. The molecule has 7 heteroatoms. The highest BCUT2D eigenvalue weighted by Crippen LogP contribution is 2.29. The fraction of sp³-hybridized carbons (Fsp3) is 0.286. The summed E-state index contributed by atoms with van der Waals surface area (Å²) in [6, 6.07) is 11.7. The lowest BCUT2D eigenvalue weighted by Gasteiger charge is -2.22. The number of nitrogens with zero attached hydrogens (tertiary/aromatic N) is 2. The Morgan fingerprint density at radius 2 is 2.14 bits per heavy atom. The van der Waals surface area contributed by atoms with Gasteiger partial charge in [-0.25, -0.2) is 9.37 Å². The van der Waals surface area contributed by atoms with E-state index in [2.05, 4.69) is 25.6 Å². The van der Waals surface area contributed by atoms with Crippen molar-refractivity contribution >= 4 is 5.91 Å². The van der Waals surface area contributed by atoms with Crippen molar-refractivity contribution in [2.45, 2.75) is 31.8 Å². The Morgan fingerprint density at radius 1 is 1.21 bits per heavy atom. The van der Waals surface area contributed by atoms with Gasteiger partial charge in [0.25, 0.3) is 0 Å². The van der Waals surface area contributed by atoms with Gasteiger partial charge in [-0.05, 0) is 43.7 Å². The van der Waals surface area contributed by atoms with Crippen molar-refractivity contribution in [2.24, 2.45) is 0 Å². The van der Waals surface area contributed by atoms with Crippen molar-refractivity contribution in [3.8, 4) is 22.6 Å². The number of hydrogen-bond acceptors (Lipinski definition) is 4. The molecule has 0 unspecified atom stereocenters. The number of carbonyl (C=O) groups is 1. The number of imidazole rings is 1. The number of rotatable bonds is 5. The Kier molecular flexibility index (Phi) is 5.43. The number of nitrogens with one attached hydrogen (secondary N) is 3. The van der Waals surface area contributed by atoms with Crippen LogP contribution in [0, 0.1) is 5.82 Å². The van der Waals surface area contributed by atoms with Crippen LogP contribution in [0.1, 0.15) is 25.1 Å². The molecule has 1 fully saturated rings. The predicted octanol–water partition coefficient (Wildman–Crippen LogP) is 3.04. The van der Waals surface area contributed by atoms with Crippen LogP contribution in [-0.2, 0) is 11.3 Å². The molecule has 144 valence electrons. The second-order valence-corrected chi connectivity index (χ2v) is 6.85. The molecule has 3 aromatic rings. The highest BCUT2D eigenvalue weighted by atomic mass is 19.1. The van der Waals surface area contributed by atoms with Crippen molar-refractivity contribution in [3.05, 3.63) is 60.3 Å². The van der Waals surface area contributed by atoms with Gasteiger partial charge in [0, 0.05) is 11.8 Å². The summed E-state index contributed by atoms with van der Waals surface area (Å²) >= 11 is 0. The lowest BCUT2D eigenvalue weighted by atomic mass is 10.0. The monoisotopic (exact) mass is 379 g/mol. The molecule has 0 saturated carbocycles. The smallest absolute Gasteiger partial charge is 0.237 e. The maximum Gasteiger partial charge on any atom is 0.237 e. The van der Waals surface area contributed by atoms with Gasteiger partial charge in [-0.15, -0.1) is 0 Å². The summed E-state index contributed by atoms with van der Waals surface area (Å²) in [7, 11) is 0. The van der Waals surface area contributed by atoms with Crippen LogP contribution in [0.2, 0.25) is 0 Å². The molecule has 1 aliphatic rings. The lowest BCUT2D eigenvalue weighted by Crippen LogP contribution is -2.46. The fourth-order valence-corrected chi connectivity index (χ4v) is 3.42. The number of benzene rings is 1. The van der Waals surface area contributed by atoms with E-state index in [-0.39, 0.29) is 24.3 Å². The van der Waals surface area contributed by atoms with Crippen molar-refractivity contribution in [2.75, 3.05) is 6.54 Å². The zero-order valence-electron chi connectivity index (χ0n) is 15.4. The average Bonchev–Trinajstić information content (AvgIpc) is 3.18. The standard InChI is InChI=1S/C21H22FN5O/c22-15-7-5-6-14(12-15)19-20(16-8-1-3-10-23-16)27-18(26-19)13-25-21(28)17-9-2-4-11-24-17/h1,3,5-8,10,12,17,24H,2,4,9,11,13H2,(H,25,28)(H,26,27)/t17-/m0/s1. The molecule has 0 spiro atoms. The van der Waals surface area contributed by atoms with E-state index in [1.807, 2.05) is 18.2 Å². The Morgan fingerprint density at radius 3 is 2.89 bits per heavy atom. The first kappa shape index (κ1) is 18.3. The molecule has 3 heterocycles. The van der Waals surface area contributed by atoms with Crippen LogP contribution < -0.4 is 10.6 Å². The normalized spacial score (nSPS) is 16.7. The van der Waals surface area contributed by atoms with Gasteiger partial charge in [-0.3, -0.25) is 9.78 Å². The van der Waals surface area contributed by atoms with E-state index in [4.69, 9.17) is 0 Å². The van der Waals surface area contributed by atoms with Crippen LogP contribution in [0.4, 0.5) is 4.39 Å². The van der Waals surface area contributed by atoms with Gasteiger partial charge >= 0.3 is 0 Å². The molecule has 1 aromatic carbocycles. The van der Waals surface area contributed by atoms with Crippen molar-refractivity contribution in [1.82, 2.24) is 25.6 Å². The molecule has 1 amide bonds. The molecule has 1 aliphatic heterocycles. The summed E-state index contributed by atoms with van der Waals surface area (Å²) in [6.45, 7) is 1.14. The minimum absolute atomic E-state index is 0.0252. The van der Waals surface area contributed by atoms with Gasteiger partial charge in [0.1, 0.15) is 11.6 Å². The third-order valence-electron chi connectivity index (χ3n) is 4.83. The number of piperidine rings is 1. The number of aromatic nitrogens is 3. The molecule has 0 bridgehead atoms. The maximum absolute atomic E-state index is 13.7. The average molecular weight is 379 g/mol. The fourth-order valence-electron chi connectivity index (χ4n) is 3.42. The molecule has 0 aliphatic carbocycles. The second kappa shape index (κ2) is 8.31. The van der Waals surface area contributed by atoms with E-state index >= 15 is 0 Å². The van der Waals surface area contributed by atoms with Gasteiger partial charge in [0.05, 0.1) is 29.7 Å². The summed E-state index contributed by atoms with van der Waals surface area (Å²) in [5.41, 5.74) is 2.67. The van der Waals surface area contributed by atoms with Crippen molar-refractivity contribution in [1.29, 1.82) is 0 Å². The summed E-state index contributed by atoms with van der Waals surface area (Å²) in [5, 5.41) is 6.17. The quantitative estimate of drug-likeness (QED) is 0.636. The van der Waals surface area contributed by atoms with Gasteiger partial charge in [0.15, 0.2) is 0 Å². The zero-order chi connectivity index (χ0) is 19.3. The highest BCUT2D eigenvalue weighted by Gasteiger charge is 2.21. The predicted molar refractivity (Wildman–Crippen MR) is 105 cm³/mol. The summed E-state index contributed by atoms with van der Waals surface area (Å²) in [5.74, 6) is 0.248. The number of carbonyl (C=O) groups excluding carboxylic acids is 1. The Hall–Kier alpha value is -3.06. The minimum atomic E-state index is -0.328. The van der Waals surface area contributed by atoms with Gasteiger partial charge < -0.3 is 15.6 Å². The van der Waals surface area contributed by atoms with Gasteiger partial charge in [0.2, 0.25) is 5.91 Å². The van der Waals surface area contributed by atoms with Crippen LogP contribution >= 0.6 is 0 Å². The molecule has 2 aromatic heterocycles. The van der Waals surface area contributed by atoms with Crippen LogP contribution in [0.3, 0.4) is 0 Å². The van der Waals surface area contributed by atoms with Crippen LogP contribution in [0.15, 0.2) is 48.7 Å². The second-order valence-electron chi connectivity index (χ2n) is 6.85. The SMILES string of the molecule is O=C(NCc1nc(-c2cccc(F)c2)c(-c2ccccn2)[nH]1)[C@@H]1CCCCN1. The maximum atomic E-state index is 13.7.